The normalized spacial score (nSPS) is 26.5. The zero-order valence-corrected chi connectivity index (χ0v) is 9.37. The predicted molar refractivity (Wildman–Crippen MR) is 54.3 cm³/mol. The standard InChI is InChI=1S/C9H14ClF3N2O/c10-3-1-8(16)15-7-5-14-4-2-6(7)9(11,12)13/h6-7,14H,1-5H2,(H,15,16). The van der Waals surface area contributed by atoms with Crippen LogP contribution in [0.15, 0.2) is 0 Å². The minimum Gasteiger partial charge on any atom is -0.351 e. The van der Waals surface area contributed by atoms with Crippen molar-refractivity contribution in [1.82, 2.24) is 10.6 Å². The summed E-state index contributed by atoms with van der Waals surface area (Å²) in [6, 6.07) is -0.885. The second-order valence-corrected chi connectivity index (χ2v) is 4.13. The van der Waals surface area contributed by atoms with E-state index >= 15 is 0 Å². The minimum atomic E-state index is -4.26. The first-order chi connectivity index (χ1) is 7.45. The van der Waals surface area contributed by atoms with Gasteiger partial charge in [-0.25, -0.2) is 0 Å². The van der Waals surface area contributed by atoms with E-state index in [1.807, 2.05) is 0 Å². The zero-order valence-electron chi connectivity index (χ0n) is 8.61. The molecule has 0 saturated carbocycles. The molecule has 94 valence electrons. The highest BCUT2D eigenvalue weighted by Crippen LogP contribution is 2.32. The number of amides is 1. The number of piperidine rings is 1. The van der Waals surface area contributed by atoms with Gasteiger partial charge in [0.15, 0.2) is 0 Å². The quantitative estimate of drug-likeness (QED) is 0.749. The Kier molecular flexibility index (Phi) is 4.86. The van der Waals surface area contributed by atoms with Crippen molar-refractivity contribution in [2.45, 2.75) is 25.1 Å². The van der Waals surface area contributed by atoms with Crippen LogP contribution in [0.5, 0.6) is 0 Å². The molecule has 0 bridgehead atoms. The Labute approximate surface area is 96.7 Å². The van der Waals surface area contributed by atoms with Crippen molar-refractivity contribution in [3.05, 3.63) is 0 Å². The lowest BCUT2D eigenvalue weighted by atomic mass is 9.92. The summed E-state index contributed by atoms with van der Waals surface area (Å²) in [6.45, 7) is 0.476. The predicted octanol–water partition coefficient (Wildman–Crippen LogP) is 1.27. The number of hydrogen-bond acceptors (Lipinski definition) is 2. The van der Waals surface area contributed by atoms with E-state index in [0.29, 0.717) is 6.54 Å². The van der Waals surface area contributed by atoms with Gasteiger partial charge in [-0.15, -0.1) is 11.6 Å². The molecule has 16 heavy (non-hydrogen) atoms. The fourth-order valence-electron chi connectivity index (χ4n) is 1.77. The Bertz CT molecular complexity index is 247. The van der Waals surface area contributed by atoms with Crippen molar-refractivity contribution >= 4 is 17.5 Å². The summed E-state index contributed by atoms with van der Waals surface area (Å²) in [5.74, 6) is -1.78. The van der Waals surface area contributed by atoms with Crippen LogP contribution in [-0.4, -0.2) is 37.1 Å². The molecule has 0 aromatic carbocycles. The molecule has 0 aliphatic carbocycles. The lowest BCUT2D eigenvalue weighted by Gasteiger charge is -2.33. The lowest BCUT2D eigenvalue weighted by Crippen LogP contribution is -2.55. The summed E-state index contributed by atoms with van der Waals surface area (Å²) in [4.78, 5) is 11.2. The summed E-state index contributed by atoms with van der Waals surface area (Å²) in [6.07, 6.45) is -4.22. The van der Waals surface area contributed by atoms with E-state index in [9.17, 15) is 18.0 Å². The Balaban J connectivity index is 2.57. The van der Waals surface area contributed by atoms with Gasteiger partial charge >= 0.3 is 6.18 Å². The fourth-order valence-corrected chi connectivity index (χ4v) is 1.94. The number of carbonyl (C=O) groups excluding carboxylic acids is 1. The third-order valence-electron chi connectivity index (χ3n) is 2.57. The van der Waals surface area contributed by atoms with Crippen LogP contribution in [0.3, 0.4) is 0 Å². The molecular weight excluding hydrogens is 245 g/mol. The molecule has 2 N–H and O–H groups in total. The van der Waals surface area contributed by atoms with Crippen molar-refractivity contribution in [2.75, 3.05) is 19.0 Å². The van der Waals surface area contributed by atoms with Crippen molar-refractivity contribution in [1.29, 1.82) is 0 Å². The second kappa shape index (κ2) is 5.72. The summed E-state index contributed by atoms with van der Waals surface area (Å²) >= 11 is 5.34. The molecule has 3 nitrogen and oxygen atoms in total. The maximum atomic E-state index is 12.6. The molecule has 7 heteroatoms. The smallest absolute Gasteiger partial charge is 0.351 e. The van der Waals surface area contributed by atoms with E-state index in [-0.39, 0.29) is 25.3 Å². The Morgan fingerprint density at radius 1 is 1.50 bits per heavy atom. The highest BCUT2D eigenvalue weighted by molar-refractivity contribution is 6.18. The topological polar surface area (TPSA) is 41.1 Å². The van der Waals surface area contributed by atoms with Gasteiger partial charge in [0.1, 0.15) is 0 Å². The van der Waals surface area contributed by atoms with E-state index < -0.39 is 24.0 Å². The van der Waals surface area contributed by atoms with Crippen LogP contribution in [0.25, 0.3) is 0 Å². The molecular formula is C9H14ClF3N2O. The number of nitrogens with one attached hydrogen (secondary N) is 2. The molecule has 0 aromatic rings. The van der Waals surface area contributed by atoms with E-state index in [0.717, 1.165) is 0 Å². The Morgan fingerprint density at radius 2 is 2.19 bits per heavy atom. The molecule has 0 spiro atoms. The van der Waals surface area contributed by atoms with Crippen LogP contribution in [0.4, 0.5) is 13.2 Å². The van der Waals surface area contributed by atoms with Crippen LogP contribution in [-0.2, 0) is 4.79 Å². The van der Waals surface area contributed by atoms with Gasteiger partial charge in [0.05, 0.1) is 12.0 Å². The number of hydrogen-bond donors (Lipinski definition) is 2. The molecule has 1 fully saturated rings. The van der Waals surface area contributed by atoms with Crippen molar-refractivity contribution in [2.24, 2.45) is 5.92 Å². The van der Waals surface area contributed by atoms with Gasteiger partial charge in [0.25, 0.3) is 0 Å². The maximum absolute atomic E-state index is 12.6. The molecule has 1 aliphatic heterocycles. The molecule has 1 saturated heterocycles. The largest absolute Gasteiger partial charge is 0.393 e. The fraction of sp³-hybridized carbons (Fsp3) is 0.889. The van der Waals surface area contributed by atoms with Crippen LogP contribution in [0.2, 0.25) is 0 Å². The molecule has 1 aliphatic rings. The van der Waals surface area contributed by atoms with Gasteiger partial charge in [-0.05, 0) is 13.0 Å². The van der Waals surface area contributed by atoms with Crippen LogP contribution >= 0.6 is 11.6 Å². The summed E-state index contributed by atoms with van der Waals surface area (Å²) in [5, 5.41) is 5.21. The molecule has 1 rings (SSSR count). The highest BCUT2D eigenvalue weighted by atomic mass is 35.5. The number of rotatable bonds is 3. The Morgan fingerprint density at radius 3 is 2.75 bits per heavy atom. The maximum Gasteiger partial charge on any atom is 0.393 e. The molecule has 2 atom stereocenters. The van der Waals surface area contributed by atoms with Crippen molar-refractivity contribution in [3.63, 3.8) is 0 Å². The summed E-state index contributed by atoms with van der Waals surface area (Å²) in [5.41, 5.74) is 0. The monoisotopic (exact) mass is 258 g/mol. The molecule has 0 radical (unpaired) electrons. The van der Waals surface area contributed by atoms with E-state index in [1.54, 1.807) is 0 Å². The third kappa shape index (κ3) is 3.83. The average Bonchev–Trinajstić information content (AvgIpc) is 2.17. The van der Waals surface area contributed by atoms with Gasteiger partial charge < -0.3 is 10.6 Å². The molecule has 0 aromatic heterocycles. The van der Waals surface area contributed by atoms with Gasteiger partial charge in [0, 0.05) is 18.8 Å². The number of alkyl halides is 4. The van der Waals surface area contributed by atoms with Crippen molar-refractivity contribution in [3.8, 4) is 0 Å². The molecule has 1 heterocycles. The van der Waals surface area contributed by atoms with Crippen molar-refractivity contribution < 1.29 is 18.0 Å². The second-order valence-electron chi connectivity index (χ2n) is 3.75. The Hall–Kier alpha value is -0.490. The van der Waals surface area contributed by atoms with Gasteiger partial charge in [-0.1, -0.05) is 0 Å². The van der Waals surface area contributed by atoms with E-state index in [4.69, 9.17) is 11.6 Å². The van der Waals surface area contributed by atoms with E-state index in [1.165, 1.54) is 0 Å². The average molecular weight is 259 g/mol. The highest BCUT2D eigenvalue weighted by Gasteiger charge is 2.45. The summed E-state index contributed by atoms with van der Waals surface area (Å²) in [7, 11) is 0. The van der Waals surface area contributed by atoms with Crippen LogP contribution in [0.1, 0.15) is 12.8 Å². The minimum absolute atomic E-state index is 0.00464. The first kappa shape index (κ1) is 13.6. The number of halogens is 4. The molecule has 1 amide bonds. The van der Waals surface area contributed by atoms with Crippen LogP contribution in [0, 0.1) is 5.92 Å². The van der Waals surface area contributed by atoms with Crippen LogP contribution < -0.4 is 10.6 Å². The van der Waals surface area contributed by atoms with E-state index in [2.05, 4.69) is 10.6 Å². The zero-order chi connectivity index (χ0) is 12.2. The molecule has 2 unspecified atom stereocenters. The van der Waals surface area contributed by atoms with Gasteiger partial charge in [0.2, 0.25) is 5.91 Å². The van der Waals surface area contributed by atoms with Gasteiger partial charge in [-0.3, -0.25) is 4.79 Å². The third-order valence-corrected chi connectivity index (χ3v) is 2.76. The number of carbonyl (C=O) groups is 1. The first-order valence-corrected chi connectivity index (χ1v) is 5.61. The summed E-state index contributed by atoms with van der Waals surface area (Å²) < 4.78 is 37.9. The SMILES string of the molecule is O=C(CCCl)NC1CNCCC1C(F)(F)F. The first-order valence-electron chi connectivity index (χ1n) is 5.08. The lowest BCUT2D eigenvalue weighted by molar-refractivity contribution is -0.187. The van der Waals surface area contributed by atoms with Gasteiger partial charge in [-0.2, -0.15) is 13.2 Å².